The predicted molar refractivity (Wildman–Crippen MR) is 67.2 cm³/mol. The second kappa shape index (κ2) is 4.49. The van der Waals surface area contributed by atoms with Gasteiger partial charge in [-0.3, -0.25) is 0 Å². The van der Waals surface area contributed by atoms with Crippen LogP contribution in [0.2, 0.25) is 0 Å². The number of halogens is 1. The quantitative estimate of drug-likeness (QED) is 0.821. The number of aromatic amines is 1. The van der Waals surface area contributed by atoms with E-state index in [-0.39, 0.29) is 0 Å². The Hall–Kier alpha value is -1.36. The van der Waals surface area contributed by atoms with E-state index in [9.17, 15) is 0 Å². The summed E-state index contributed by atoms with van der Waals surface area (Å²) < 4.78 is 0. The summed E-state index contributed by atoms with van der Waals surface area (Å²) in [5, 5.41) is 3.63. The lowest BCUT2D eigenvalue weighted by atomic mass is 10.1. The smallest absolute Gasteiger partial charge is 0.182 e. The molecule has 2 N–H and O–H groups in total. The van der Waals surface area contributed by atoms with Crippen LogP contribution in [-0.4, -0.2) is 31.9 Å². The number of hydrogen-bond acceptors (Lipinski definition) is 4. The second-order valence-electron chi connectivity index (χ2n) is 4.41. The van der Waals surface area contributed by atoms with Crippen molar-refractivity contribution < 1.29 is 0 Å². The van der Waals surface area contributed by atoms with Crippen molar-refractivity contribution in [1.29, 1.82) is 0 Å². The minimum Gasteiger partial charge on any atom is -0.368 e. The summed E-state index contributed by atoms with van der Waals surface area (Å²) in [6.07, 6.45) is 6.70. The molecule has 2 aromatic rings. The van der Waals surface area contributed by atoms with Crippen LogP contribution in [0.15, 0.2) is 12.7 Å². The molecule has 0 radical (unpaired) electrons. The molecule has 2 heterocycles. The number of anilines is 1. The Bertz CT molecular complexity index is 511. The first-order chi connectivity index (χ1) is 8.34. The molecule has 17 heavy (non-hydrogen) atoms. The van der Waals surface area contributed by atoms with Crippen molar-refractivity contribution in [3.63, 3.8) is 0 Å². The Kier molecular flexibility index (Phi) is 2.84. The summed E-state index contributed by atoms with van der Waals surface area (Å²) in [6, 6.07) is 0. The molecule has 0 spiro atoms. The second-order valence-corrected chi connectivity index (χ2v) is 4.97. The summed E-state index contributed by atoms with van der Waals surface area (Å²) in [7, 11) is 0. The first-order valence-corrected chi connectivity index (χ1v) is 6.30. The van der Waals surface area contributed by atoms with Gasteiger partial charge in [-0.1, -0.05) is 6.42 Å². The van der Waals surface area contributed by atoms with E-state index in [2.05, 4.69) is 25.3 Å². The van der Waals surface area contributed by atoms with Gasteiger partial charge >= 0.3 is 0 Å². The number of rotatable bonds is 3. The van der Waals surface area contributed by atoms with Gasteiger partial charge in [0.25, 0.3) is 0 Å². The van der Waals surface area contributed by atoms with Crippen molar-refractivity contribution >= 4 is 28.6 Å². The summed E-state index contributed by atoms with van der Waals surface area (Å²) in [5.74, 6) is 1.34. The lowest BCUT2D eigenvalue weighted by Gasteiger charge is -2.14. The fraction of sp³-hybridized carbons (Fsp3) is 0.545. The van der Waals surface area contributed by atoms with Crippen molar-refractivity contribution in [3.8, 4) is 0 Å². The van der Waals surface area contributed by atoms with Crippen LogP contribution in [0.1, 0.15) is 19.3 Å². The number of imidazole rings is 1. The average Bonchev–Trinajstić information content (AvgIpc) is 2.95. The zero-order valence-corrected chi connectivity index (χ0v) is 10.1. The molecule has 6 heteroatoms. The molecule has 2 unspecified atom stereocenters. The van der Waals surface area contributed by atoms with Crippen molar-refractivity contribution in [2.45, 2.75) is 24.6 Å². The van der Waals surface area contributed by atoms with Crippen LogP contribution >= 0.6 is 11.6 Å². The van der Waals surface area contributed by atoms with Gasteiger partial charge in [-0.05, 0) is 18.8 Å². The zero-order chi connectivity index (χ0) is 11.7. The SMILES string of the molecule is ClC1CCCC1CNc1ncnc2nc[nH]c12. The molecule has 1 aliphatic rings. The van der Waals surface area contributed by atoms with Gasteiger partial charge in [0, 0.05) is 11.9 Å². The van der Waals surface area contributed by atoms with E-state index in [1.165, 1.54) is 19.2 Å². The monoisotopic (exact) mass is 251 g/mol. The molecule has 0 aliphatic heterocycles. The Morgan fingerprint density at radius 3 is 3.12 bits per heavy atom. The van der Waals surface area contributed by atoms with Gasteiger partial charge in [-0.2, -0.15) is 0 Å². The highest BCUT2D eigenvalue weighted by Gasteiger charge is 2.25. The number of hydrogen-bond donors (Lipinski definition) is 2. The highest BCUT2D eigenvalue weighted by molar-refractivity contribution is 6.21. The average molecular weight is 252 g/mol. The molecule has 0 aromatic carbocycles. The minimum atomic E-state index is 0.293. The number of nitrogens with zero attached hydrogens (tertiary/aromatic N) is 3. The normalized spacial score (nSPS) is 24.3. The van der Waals surface area contributed by atoms with Gasteiger partial charge in [-0.15, -0.1) is 11.6 Å². The maximum Gasteiger partial charge on any atom is 0.182 e. The number of alkyl halides is 1. The van der Waals surface area contributed by atoms with Gasteiger partial charge < -0.3 is 10.3 Å². The molecule has 2 aromatic heterocycles. The Morgan fingerprint density at radius 2 is 2.29 bits per heavy atom. The maximum atomic E-state index is 6.25. The minimum absolute atomic E-state index is 0.293. The third kappa shape index (κ3) is 2.07. The van der Waals surface area contributed by atoms with Crippen LogP contribution in [0, 0.1) is 5.92 Å². The van der Waals surface area contributed by atoms with Crippen LogP contribution in [0.5, 0.6) is 0 Å². The summed E-state index contributed by atoms with van der Waals surface area (Å²) in [4.78, 5) is 15.5. The van der Waals surface area contributed by atoms with E-state index in [0.717, 1.165) is 24.3 Å². The number of aromatic nitrogens is 4. The van der Waals surface area contributed by atoms with Crippen molar-refractivity contribution in [2.75, 3.05) is 11.9 Å². The van der Waals surface area contributed by atoms with Gasteiger partial charge in [0.05, 0.1) is 6.33 Å². The van der Waals surface area contributed by atoms with E-state index in [1.807, 2.05) is 0 Å². The first-order valence-electron chi connectivity index (χ1n) is 5.86. The molecular weight excluding hydrogens is 238 g/mol. The molecule has 0 amide bonds. The number of fused-ring (bicyclic) bond motifs is 1. The molecule has 1 saturated carbocycles. The molecule has 1 fully saturated rings. The van der Waals surface area contributed by atoms with E-state index in [4.69, 9.17) is 11.6 Å². The first kappa shape index (κ1) is 10.8. The van der Waals surface area contributed by atoms with E-state index in [0.29, 0.717) is 16.9 Å². The van der Waals surface area contributed by atoms with E-state index in [1.54, 1.807) is 6.33 Å². The Labute approximate surface area is 104 Å². The van der Waals surface area contributed by atoms with Gasteiger partial charge in [0.15, 0.2) is 11.5 Å². The Morgan fingerprint density at radius 1 is 1.35 bits per heavy atom. The lowest BCUT2D eigenvalue weighted by Crippen LogP contribution is -2.19. The predicted octanol–water partition coefficient (Wildman–Crippen LogP) is 2.17. The fourth-order valence-corrected chi connectivity index (χ4v) is 2.72. The zero-order valence-electron chi connectivity index (χ0n) is 9.36. The summed E-state index contributed by atoms with van der Waals surface area (Å²) >= 11 is 6.25. The van der Waals surface area contributed by atoms with E-state index >= 15 is 0 Å². The van der Waals surface area contributed by atoms with Crippen LogP contribution in [-0.2, 0) is 0 Å². The fourth-order valence-electron chi connectivity index (χ4n) is 2.35. The van der Waals surface area contributed by atoms with Crippen molar-refractivity contribution in [2.24, 2.45) is 5.92 Å². The highest BCUT2D eigenvalue weighted by Crippen LogP contribution is 2.30. The Balaban J connectivity index is 1.74. The van der Waals surface area contributed by atoms with Gasteiger partial charge in [-0.25, -0.2) is 15.0 Å². The molecule has 3 rings (SSSR count). The van der Waals surface area contributed by atoms with Gasteiger partial charge in [0.2, 0.25) is 0 Å². The van der Waals surface area contributed by atoms with Crippen LogP contribution in [0.4, 0.5) is 5.82 Å². The van der Waals surface area contributed by atoms with Crippen LogP contribution in [0.3, 0.4) is 0 Å². The summed E-state index contributed by atoms with van der Waals surface area (Å²) in [5.41, 5.74) is 1.55. The molecule has 5 nitrogen and oxygen atoms in total. The third-order valence-corrected chi connectivity index (χ3v) is 3.90. The molecule has 0 bridgehead atoms. The molecular formula is C11H14ClN5. The molecule has 1 aliphatic carbocycles. The topological polar surface area (TPSA) is 66.5 Å². The highest BCUT2D eigenvalue weighted by atomic mass is 35.5. The van der Waals surface area contributed by atoms with Crippen molar-refractivity contribution in [1.82, 2.24) is 19.9 Å². The third-order valence-electron chi connectivity index (χ3n) is 3.32. The number of nitrogens with one attached hydrogen (secondary N) is 2. The maximum absolute atomic E-state index is 6.25. The number of H-pyrrole nitrogens is 1. The van der Waals surface area contributed by atoms with Crippen molar-refractivity contribution in [3.05, 3.63) is 12.7 Å². The van der Waals surface area contributed by atoms with Crippen LogP contribution < -0.4 is 5.32 Å². The molecule has 90 valence electrons. The summed E-state index contributed by atoms with van der Waals surface area (Å²) in [6.45, 7) is 0.860. The lowest BCUT2D eigenvalue weighted by molar-refractivity contribution is 0.585. The van der Waals surface area contributed by atoms with E-state index < -0.39 is 0 Å². The van der Waals surface area contributed by atoms with Gasteiger partial charge in [0.1, 0.15) is 11.8 Å². The molecule has 0 saturated heterocycles. The largest absolute Gasteiger partial charge is 0.368 e. The standard InChI is InChI=1S/C11H14ClN5/c12-8-3-1-2-7(8)4-13-10-9-11(15-5-14-9)17-6-16-10/h5-8H,1-4H2,(H2,13,14,15,16,17). The van der Waals surface area contributed by atoms with Crippen LogP contribution in [0.25, 0.3) is 11.2 Å². The molecule has 2 atom stereocenters.